The van der Waals surface area contributed by atoms with Gasteiger partial charge in [-0.1, -0.05) is 0 Å². The molecule has 0 unspecified atom stereocenters. The summed E-state index contributed by atoms with van der Waals surface area (Å²) in [6.07, 6.45) is 3.36. The molecule has 2 fully saturated rings. The molecule has 0 radical (unpaired) electrons. The van der Waals surface area contributed by atoms with Crippen LogP contribution in [-0.4, -0.2) is 90.1 Å². The maximum Gasteiger partial charge on any atom is 0.259 e. The van der Waals surface area contributed by atoms with Crippen molar-refractivity contribution in [1.82, 2.24) is 24.6 Å². The number of aromatic nitrogens is 3. The lowest BCUT2D eigenvalue weighted by molar-refractivity contribution is 0.0593. The van der Waals surface area contributed by atoms with Gasteiger partial charge in [0.2, 0.25) is 0 Å². The van der Waals surface area contributed by atoms with Crippen LogP contribution in [0.25, 0.3) is 21.8 Å². The van der Waals surface area contributed by atoms with Gasteiger partial charge in [0.05, 0.1) is 35.3 Å². The molecule has 4 heterocycles. The number of benzene rings is 1. The molecule has 9 nitrogen and oxygen atoms in total. The van der Waals surface area contributed by atoms with Gasteiger partial charge in [-0.2, -0.15) is 5.10 Å². The summed E-state index contributed by atoms with van der Waals surface area (Å²) in [5.41, 5.74) is 2.93. The summed E-state index contributed by atoms with van der Waals surface area (Å²) >= 11 is 0. The summed E-state index contributed by atoms with van der Waals surface area (Å²) in [5, 5.41) is 6.00. The predicted molar refractivity (Wildman–Crippen MR) is 126 cm³/mol. The van der Waals surface area contributed by atoms with Crippen molar-refractivity contribution >= 4 is 27.7 Å². The Morgan fingerprint density at radius 1 is 1.18 bits per heavy atom. The first-order valence-corrected chi connectivity index (χ1v) is 11.7. The highest BCUT2D eigenvalue weighted by atomic mass is 16.5. The number of rotatable bonds is 5. The van der Waals surface area contributed by atoms with E-state index in [4.69, 9.17) is 9.47 Å². The number of aromatic amines is 1. The van der Waals surface area contributed by atoms with E-state index in [0.29, 0.717) is 43.9 Å². The van der Waals surface area contributed by atoms with Crippen LogP contribution in [-0.2, 0) is 9.47 Å². The van der Waals surface area contributed by atoms with Crippen molar-refractivity contribution in [3.8, 4) is 0 Å². The van der Waals surface area contributed by atoms with Gasteiger partial charge in [-0.25, -0.2) is 0 Å². The van der Waals surface area contributed by atoms with Gasteiger partial charge in [0, 0.05) is 64.0 Å². The molecular formula is C24H31N5O4. The number of hydrogen-bond donors (Lipinski definition) is 1. The SMILES string of the molecule is COCCN1CCN(C(=O)c2cc3c(cc2C)[nH]c(=O)c2cnn(C4CCOCC4)c23)CC1. The lowest BCUT2D eigenvalue weighted by Gasteiger charge is -2.34. The topological polar surface area (TPSA) is 92.7 Å². The third-order valence-electron chi connectivity index (χ3n) is 6.95. The molecule has 1 amide bonds. The summed E-state index contributed by atoms with van der Waals surface area (Å²) in [6.45, 7) is 7.97. The van der Waals surface area contributed by atoms with Gasteiger partial charge in [-0.15, -0.1) is 0 Å². The van der Waals surface area contributed by atoms with E-state index < -0.39 is 0 Å². The van der Waals surface area contributed by atoms with Gasteiger partial charge in [0.15, 0.2) is 0 Å². The molecule has 2 aliphatic rings. The van der Waals surface area contributed by atoms with Crippen LogP contribution < -0.4 is 5.56 Å². The van der Waals surface area contributed by atoms with Crippen LogP contribution in [0.15, 0.2) is 23.1 Å². The fourth-order valence-corrected chi connectivity index (χ4v) is 5.00. The third kappa shape index (κ3) is 4.16. The predicted octanol–water partition coefficient (Wildman–Crippen LogP) is 1.94. The molecule has 0 atom stereocenters. The van der Waals surface area contributed by atoms with Gasteiger partial charge >= 0.3 is 0 Å². The fourth-order valence-electron chi connectivity index (χ4n) is 5.00. The first-order chi connectivity index (χ1) is 16.1. The van der Waals surface area contributed by atoms with Crippen molar-refractivity contribution in [2.24, 2.45) is 0 Å². The number of nitrogens with zero attached hydrogens (tertiary/aromatic N) is 4. The zero-order valence-electron chi connectivity index (χ0n) is 19.3. The molecule has 3 aromatic rings. The first-order valence-electron chi connectivity index (χ1n) is 11.7. The van der Waals surface area contributed by atoms with Crippen molar-refractivity contribution in [1.29, 1.82) is 0 Å². The van der Waals surface area contributed by atoms with Crippen molar-refractivity contribution in [3.63, 3.8) is 0 Å². The van der Waals surface area contributed by atoms with Crippen LogP contribution in [0.2, 0.25) is 0 Å². The standard InChI is InChI=1S/C24H31N5O4/c1-16-13-21-19(14-18(16)24(31)28-7-5-27(6-8-28)9-12-32-2)22-20(23(30)26-21)15-25-29(22)17-3-10-33-11-4-17/h13-15,17H,3-12H2,1-2H3,(H,26,30). The minimum absolute atomic E-state index is 0.0391. The van der Waals surface area contributed by atoms with Crippen molar-refractivity contribution in [3.05, 3.63) is 39.8 Å². The van der Waals surface area contributed by atoms with Crippen LogP contribution in [0.3, 0.4) is 0 Å². The summed E-state index contributed by atoms with van der Waals surface area (Å²) < 4.78 is 12.7. The monoisotopic (exact) mass is 453 g/mol. The molecule has 0 aliphatic carbocycles. The highest BCUT2D eigenvalue weighted by Crippen LogP contribution is 2.30. The molecule has 0 bridgehead atoms. The molecule has 33 heavy (non-hydrogen) atoms. The van der Waals surface area contributed by atoms with E-state index in [-0.39, 0.29) is 17.5 Å². The first kappa shape index (κ1) is 22.1. The number of methoxy groups -OCH3 is 1. The molecule has 9 heteroatoms. The lowest BCUT2D eigenvalue weighted by Crippen LogP contribution is -2.49. The molecule has 2 saturated heterocycles. The molecule has 0 spiro atoms. The number of fused-ring (bicyclic) bond motifs is 3. The van der Waals surface area contributed by atoms with E-state index in [0.717, 1.165) is 54.5 Å². The second-order valence-corrected chi connectivity index (χ2v) is 8.99. The number of ether oxygens (including phenoxy) is 2. The molecule has 0 saturated carbocycles. The quantitative estimate of drug-likeness (QED) is 0.635. The number of nitrogens with one attached hydrogen (secondary N) is 1. The number of hydrogen-bond acceptors (Lipinski definition) is 6. The van der Waals surface area contributed by atoms with Crippen molar-refractivity contribution in [2.75, 3.05) is 59.7 Å². The number of pyridine rings is 1. The van der Waals surface area contributed by atoms with E-state index in [1.54, 1.807) is 13.3 Å². The largest absolute Gasteiger partial charge is 0.383 e. The van der Waals surface area contributed by atoms with Crippen molar-refractivity contribution < 1.29 is 14.3 Å². The highest BCUT2D eigenvalue weighted by Gasteiger charge is 2.25. The van der Waals surface area contributed by atoms with E-state index in [9.17, 15) is 9.59 Å². The van der Waals surface area contributed by atoms with Crippen LogP contribution in [0.4, 0.5) is 0 Å². The van der Waals surface area contributed by atoms with Crippen LogP contribution in [0.5, 0.6) is 0 Å². The average Bonchev–Trinajstić information content (AvgIpc) is 3.29. The second kappa shape index (κ2) is 9.24. The van der Waals surface area contributed by atoms with Crippen LogP contribution in [0.1, 0.15) is 34.8 Å². The van der Waals surface area contributed by atoms with Gasteiger partial charge in [-0.3, -0.25) is 19.2 Å². The second-order valence-electron chi connectivity index (χ2n) is 8.99. The number of piperazine rings is 1. The molecular weight excluding hydrogens is 422 g/mol. The lowest BCUT2D eigenvalue weighted by atomic mass is 10.0. The zero-order chi connectivity index (χ0) is 22.9. The Hall–Kier alpha value is -2.75. The number of H-pyrrole nitrogens is 1. The third-order valence-corrected chi connectivity index (χ3v) is 6.95. The molecule has 5 rings (SSSR count). The number of aryl methyl sites for hydroxylation is 1. The molecule has 2 aliphatic heterocycles. The van der Waals surface area contributed by atoms with E-state index >= 15 is 0 Å². The summed E-state index contributed by atoms with van der Waals surface area (Å²) in [6, 6.07) is 4.04. The van der Waals surface area contributed by atoms with E-state index in [2.05, 4.69) is 15.0 Å². The number of carbonyl (C=O) groups is 1. The number of amides is 1. The molecule has 2 aromatic heterocycles. The number of carbonyl (C=O) groups excluding carboxylic acids is 1. The van der Waals surface area contributed by atoms with Gasteiger partial charge < -0.3 is 19.4 Å². The Kier molecular flexibility index (Phi) is 6.18. The Morgan fingerprint density at radius 3 is 2.67 bits per heavy atom. The normalized spacial score (nSPS) is 18.4. The Labute approximate surface area is 192 Å². The summed E-state index contributed by atoms with van der Waals surface area (Å²) in [5.74, 6) is 0.0391. The smallest absolute Gasteiger partial charge is 0.259 e. The van der Waals surface area contributed by atoms with E-state index in [1.807, 2.05) is 28.6 Å². The fraction of sp³-hybridized carbons (Fsp3) is 0.542. The minimum atomic E-state index is -0.151. The molecule has 176 valence electrons. The van der Waals surface area contributed by atoms with Gasteiger partial charge in [-0.05, 0) is 37.5 Å². The molecule has 1 aromatic carbocycles. The summed E-state index contributed by atoms with van der Waals surface area (Å²) in [4.78, 5) is 33.5. The Morgan fingerprint density at radius 2 is 1.94 bits per heavy atom. The van der Waals surface area contributed by atoms with Crippen molar-refractivity contribution in [2.45, 2.75) is 25.8 Å². The molecule has 1 N–H and O–H groups in total. The Bertz CT molecular complexity index is 1220. The van der Waals surface area contributed by atoms with E-state index in [1.165, 1.54) is 0 Å². The zero-order valence-corrected chi connectivity index (χ0v) is 19.3. The van der Waals surface area contributed by atoms with Crippen LogP contribution in [0, 0.1) is 6.92 Å². The minimum Gasteiger partial charge on any atom is -0.383 e. The van der Waals surface area contributed by atoms with Gasteiger partial charge in [0.1, 0.15) is 0 Å². The average molecular weight is 454 g/mol. The maximum absolute atomic E-state index is 13.5. The van der Waals surface area contributed by atoms with Gasteiger partial charge in [0.25, 0.3) is 11.5 Å². The summed E-state index contributed by atoms with van der Waals surface area (Å²) in [7, 11) is 1.71. The highest BCUT2D eigenvalue weighted by molar-refractivity contribution is 6.07. The van der Waals surface area contributed by atoms with Crippen LogP contribution >= 0.6 is 0 Å². The Balaban J connectivity index is 1.51. The maximum atomic E-state index is 13.5.